The molecule has 0 heterocycles. The van der Waals surface area contributed by atoms with Crippen molar-refractivity contribution in [2.24, 2.45) is 0 Å². The molecular formula is C18H17N3O2. The summed E-state index contributed by atoms with van der Waals surface area (Å²) in [6.45, 7) is 1.92. The van der Waals surface area contributed by atoms with E-state index in [1.807, 2.05) is 6.07 Å². The summed E-state index contributed by atoms with van der Waals surface area (Å²) in [7, 11) is 0. The van der Waals surface area contributed by atoms with E-state index in [9.17, 15) is 9.59 Å². The second kappa shape index (κ2) is 7.76. The number of carbonyl (C=O) groups is 2. The highest BCUT2D eigenvalue weighted by molar-refractivity contribution is 5.95. The van der Waals surface area contributed by atoms with E-state index in [0.717, 1.165) is 0 Å². The standard InChI is InChI=1S/C18H17N3O2/c1-13(22)14-6-8-16(9-7-14)21-18(23)10-11-20-17-5-3-2-4-15(17)12-19/h2-9,20H,10-11H2,1H3,(H,21,23). The van der Waals surface area contributed by atoms with Gasteiger partial charge in [-0.05, 0) is 43.3 Å². The highest BCUT2D eigenvalue weighted by Crippen LogP contribution is 2.14. The average molecular weight is 307 g/mol. The molecule has 2 N–H and O–H groups in total. The van der Waals surface area contributed by atoms with Gasteiger partial charge in [0.15, 0.2) is 5.78 Å². The van der Waals surface area contributed by atoms with E-state index in [2.05, 4.69) is 16.7 Å². The molecule has 116 valence electrons. The minimum Gasteiger partial charge on any atom is -0.383 e. The molecule has 0 spiro atoms. The summed E-state index contributed by atoms with van der Waals surface area (Å²) >= 11 is 0. The highest BCUT2D eigenvalue weighted by Gasteiger charge is 2.05. The third-order valence-electron chi connectivity index (χ3n) is 3.29. The molecule has 0 unspecified atom stereocenters. The van der Waals surface area contributed by atoms with Crippen molar-refractivity contribution in [3.63, 3.8) is 0 Å². The van der Waals surface area contributed by atoms with Crippen LogP contribution in [-0.4, -0.2) is 18.2 Å². The lowest BCUT2D eigenvalue weighted by molar-refractivity contribution is -0.115. The van der Waals surface area contributed by atoms with Gasteiger partial charge in [0, 0.05) is 24.2 Å². The van der Waals surface area contributed by atoms with Crippen molar-refractivity contribution in [1.82, 2.24) is 0 Å². The maximum Gasteiger partial charge on any atom is 0.226 e. The van der Waals surface area contributed by atoms with Crippen LogP contribution >= 0.6 is 0 Å². The number of rotatable bonds is 6. The maximum atomic E-state index is 11.9. The molecule has 0 saturated carbocycles. The van der Waals surface area contributed by atoms with Crippen molar-refractivity contribution < 1.29 is 9.59 Å². The molecule has 5 nitrogen and oxygen atoms in total. The first-order valence-electron chi connectivity index (χ1n) is 7.24. The molecule has 1 amide bonds. The summed E-state index contributed by atoms with van der Waals surface area (Å²) in [6, 6.07) is 16.0. The van der Waals surface area contributed by atoms with Crippen LogP contribution in [-0.2, 0) is 4.79 Å². The van der Waals surface area contributed by atoms with Crippen LogP contribution in [0.15, 0.2) is 48.5 Å². The Morgan fingerprint density at radius 3 is 2.43 bits per heavy atom. The summed E-state index contributed by atoms with van der Waals surface area (Å²) in [5.74, 6) is -0.147. The lowest BCUT2D eigenvalue weighted by Gasteiger charge is -2.09. The van der Waals surface area contributed by atoms with Gasteiger partial charge in [-0.2, -0.15) is 5.26 Å². The van der Waals surface area contributed by atoms with Crippen molar-refractivity contribution in [1.29, 1.82) is 5.26 Å². The van der Waals surface area contributed by atoms with Gasteiger partial charge in [0.2, 0.25) is 5.91 Å². The maximum absolute atomic E-state index is 11.9. The second-order valence-electron chi connectivity index (χ2n) is 5.02. The largest absolute Gasteiger partial charge is 0.383 e. The Labute approximate surface area is 134 Å². The van der Waals surface area contributed by atoms with Gasteiger partial charge in [0.25, 0.3) is 0 Å². The highest BCUT2D eigenvalue weighted by atomic mass is 16.1. The van der Waals surface area contributed by atoms with E-state index in [0.29, 0.717) is 29.0 Å². The molecule has 2 aromatic rings. The monoisotopic (exact) mass is 307 g/mol. The molecule has 0 radical (unpaired) electrons. The van der Waals surface area contributed by atoms with E-state index < -0.39 is 0 Å². The third-order valence-corrected chi connectivity index (χ3v) is 3.29. The number of ketones is 1. The summed E-state index contributed by atoms with van der Waals surface area (Å²) in [6.07, 6.45) is 0.272. The van der Waals surface area contributed by atoms with Crippen LogP contribution in [0.3, 0.4) is 0 Å². The number of carbonyl (C=O) groups excluding carboxylic acids is 2. The molecule has 0 aliphatic heterocycles. The zero-order chi connectivity index (χ0) is 16.7. The number of hydrogen-bond donors (Lipinski definition) is 2. The number of para-hydroxylation sites is 1. The fraction of sp³-hybridized carbons (Fsp3) is 0.167. The van der Waals surface area contributed by atoms with Crippen molar-refractivity contribution in [3.05, 3.63) is 59.7 Å². The zero-order valence-corrected chi connectivity index (χ0v) is 12.8. The summed E-state index contributed by atoms with van der Waals surface area (Å²) < 4.78 is 0. The topological polar surface area (TPSA) is 82.0 Å². The number of hydrogen-bond acceptors (Lipinski definition) is 4. The van der Waals surface area contributed by atoms with E-state index in [4.69, 9.17) is 5.26 Å². The van der Waals surface area contributed by atoms with Gasteiger partial charge in [-0.3, -0.25) is 9.59 Å². The number of nitriles is 1. The fourth-order valence-corrected chi connectivity index (χ4v) is 2.06. The molecule has 0 saturated heterocycles. The normalized spacial score (nSPS) is 9.74. The van der Waals surface area contributed by atoms with Crippen molar-refractivity contribution >= 4 is 23.1 Å². The minimum absolute atomic E-state index is 0.0109. The quantitative estimate of drug-likeness (QED) is 0.803. The Morgan fingerprint density at radius 1 is 1.09 bits per heavy atom. The van der Waals surface area contributed by atoms with Crippen LogP contribution in [0.4, 0.5) is 11.4 Å². The van der Waals surface area contributed by atoms with Gasteiger partial charge < -0.3 is 10.6 Å². The third kappa shape index (κ3) is 4.68. The molecule has 2 rings (SSSR count). The van der Waals surface area contributed by atoms with Crippen LogP contribution in [0.1, 0.15) is 29.3 Å². The van der Waals surface area contributed by atoms with Crippen LogP contribution < -0.4 is 10.6 Å². The Balaban J connectivity index is 1.83. The summed E-state index contributed by atoms with van der Waals surface area (Å²) in [5.41, 5.74) is 2.52. The van der Waals surface area contributed by atoms with Gasteiger partial charge in [-0.1, -0.05) is 12.1 Å². The SMILES string of the molecule is CC(=O)c1ccc(NC(=O)CCNc2ccccc2C#N)cc1. The Bertz CT molecular complexity index is 746. The number of nitrogens with one attached hydrogen (secondary N) is 2. The lowest BCUT2D eigenvalue weighted by atomic mass is 10.1. The number of anilines is 2. The van der Waals surface area contributed by atoms with Gasteiger partial charge in [-0.15, -0.1) is 0 Å². The lowest BCUT2D eigenvalue weighted by Crippen LogP contribution is -2.16. The van der Waals surface area contributed by atoms with Crippen LogP contribution in [0.5, 0.6) is 0 Å². The molecule has 0 bridgehead atoms. The molecule has 0 atom stereocenters. The molecular weight excluding hydrogens is 290 g/mol. The first-order chi connectivity index (χ1) is 11.1. The van der Waals surface area contributed by atoms with Gasteiger partial charge in [0.1, 0.15) is 6.07 Å². The van der Waals surface area contributed by atoms with Gasteiger partial charge in [-0.25, -0.2) is 0 Å². The molecule has 0 aliphatic rings. The minimum atomic E-state index is -0.137. The smallest absolute Gasteiger partial charge is 0.226 e. The molecule has 0 fully saturated rings. The molecule has 23 heavy (non-hydrogen) atoms. The van der Waals surface area contributed by atoms with Gasteiger partial charge in [0.05, 0.1) is 11.3 Å². The Kier molecular flexibility index (Phi) is 5.48. The van der Waals surface area contributed by atoms with Crippen LogP contribution in [0.25, 0.3) is 0 Å². The molecule has 0 aromatic heterocycles. The molecule has 5 heteroatoms. The van der Waals surface area contributed by atoms with E-state index in [1.54, 1.807) is 42.5 Å². The van der Waals surface area contributed by atoms with E-state index in [-0.39, 0.29) is 18.1 Å². The van der Waals surface area contributed by atoms with Crippen LogP contribution in [0.2, 0.25) is 0 Å². The summed E-state index contributed by atoms with van der Waals surface area (Å²) in [4.78, 5) is 23.1. The van der Waals surface area contributed by atoms with Crippen molar-refractivity contribution in [2.75, 3.05) is 17.2 Å². The summed E-state index contributed by atoms with van der Waals surface area (Å²) in [5, 5.41) is 14.8. The Hall–Kier alpha value is -3.13. The first kappa shape index (κ1) is 16.2. The average Bonchev–Trinajstić information content (AvgIpc) is 2.55. The number of amides is 1. The number of nitrogens with zero attached hydrogens (tertiary/aromatic N) is 1. The van der Waals surface area contributed by atoms with Crippen LogP contribution in [0, 0.1) is 11.3 Å². The fourth-order valence-electron chi connectivity index (χ4n) is 2.06. The predicted molar refractivity (Wildman–Crippen MR) is 89.3 cm³/mol. The van der Waals surface area contributed by atoms with Crippen molar-refractivity contribution in [2.45, 2.75) is 13.3 Å². The zero-order valence-electron chi connectivity index (χ0n) is 12.8. The second-order valence-corrected chi connectivity index (χ2v) is 5.02. The first-order valence-corrected chi connectivity index (χ1v) is 7.24. The molecule has 0 aliphatic carbocycles. The molecule has 2 aromatic carbocycles. The van der Waals surface area contributed by atoms with Crippen molar-refractivity contribution in [3.8, 4) is 6.07 Å². The number of Topliss-reactive ketones (excluding diaryl/α,β-unsaturated/α-hetero) is 1. The van der Waals surface area contributed by atoms with E-state index in [1.165, 1.54) is 6.92 Å². The number of benzene rings is 2. The Morgan fingerprint density at radius 2 is 1.78 bits per heavy atom. The van der Waals surface area contributed by atoms with E-state index >= 15 is 0 Å². The van der Waals surface area contributed by atoms with Gasteiger partial charge >= 0.3 is 0 Å². The predicted octanol–water partition coefficient (Wildman–Crippen LogP) is 3.20.